The van der Waals surface area contributed by atoms with Crippen LogP contribution in [-0.2, 0) is 13.6 Å². The molecule has 1 aliphatic rings. The van der Waals surface area contributed by atoms with Crippen LogP contribution in [0, 0.1) is 11.3 Å². The van der Waals surface area contributed by atoms with Crippen molar-refractivity contribution < 1.29 is 0 Å². The van der Waals surface area contributed by atoms with Crippen LogP contribution in [0.15, 0.2) is 6.20 Å². The van der Waals surface area contributed by atoms with Gasteiger partial charge in [0, 0.05) is 32.9 Å². The zero-order valence-corrected chi connectivity index (χ0v) is 11.1. The van der Waals surface area contributed by atoms with Gasteiger partial charge in [0.25, 0.3) is 0 Å². The van der Waals surface area contributed by atoms with E-state index in [1.807, 2.05) is 19.5 Å². The lowest BCUT2D eigenvalue weighted by molar-refractivity contribution is 0.207. The van der Waals surface area contributed by atoms with E-state index in [9.17, 15) is 5.26 Å². The van der Waals surface area contributed by atoms with Gasteiger partial charge >= 0.3 is 0 Å². The summed E-state index contributed by atoms with van der Waals surface area (Å²) in [5.74, 6) is 0. The second-order valence-corrected chi connectivity index (χ2v) is 5.66. The van der Waals surface area contributed by atoms with Crippen LogP contribution in [-0.4, -0.2) is 44.0 Å². The van der Waals surface area contributed by atoms with Crippen LogP contribution in [0.3, 0.4) is 0 Å². The van der Waals surface area contributed by atoms with Crippen molar-refractivity contribution >= 4 is 11.8 Å². The predicted octanol–water partition coefficient (Wildman–Crippen LogP) is 1.04. The van der Waals surface area contributed by atoms with Crippen LogP contribution < -0.4 is 0 Å². The van der Waals surface area contributed by atoms with Gasteiger partial charge < -0.3 is 0 Å². The Morgan fingerprint density at radius 1 is 1.53 bits per heavy atom. The molecule has 6 heteroatoms. The average molecular weight is 251 g/mol. The summed E-state index contributed by atoms with van der Waals surface area (Å²) in [7, 11) is 1.88. The van der Waals surface area contributed by atoms with Crippen molar-refractivity contribution in [2.75, 3.05) is 19.3 Å². The van der Waals surface area contributed by atoms with Crippen LogP contribution in [0.25, 0.3) is 0 Å². The quantitative estimate of drug-likeness (QED) is 0.803. The molecule has 2 heterocycles. The molecule has 0 aliphatic carbocycles. The molecule has 92 valence electrons. The number of aromatic nitrogens is 3. The molecule has 0 unspecified atom stereocenters. The Kier molecular flexibility index (Phi) is 3.69. The van der Waals surface area contributed by atoms with Gasteiger partial charge in [-0.1, -0.05) is 5.21 Å². The summed E-state index contributed by atoms with van der Waals surface area (Å²) >= 11 is 1.69. The maximum atomic E-state index is 9.21. The highest BCUT2D eigenvalue weighted by molar-refractivity contribution is 8.00. The van der Waals surface area contributed by atoms with Gasteiger partial charge in [-0.2, -0.15) is 5.26 Å². The Bertz CT molecular complexity index is 414. The van der Waals surface area contributed by atoms with Gasteiger partial charge in [0.05, 0.1) is 11.8 Å². The first kappa shape index (κ1) is 12.4. The molecule has 5 nitrogen and oxygen atoms in total. The predicted molar refractivity (Wildman–Crippen MR) is 67.4 cm³/mol. The van der Waals surface area contributed by atoms with Crippen LogP contribution in [0.2, 0.25) is 0 Å². The molecule has 1 saturated heterocycles. The van der Waals surface area contributed by atoms with Crippen molar-refractivity contribution in [3.05, 3.63) is 11.9 Å². The maximum absolute atomic E-state index is 9.21. The van der Waals surface area contributed by atoms with Gasteiger partial charge in [-0.3, -0.25) is 9.58 Å². The summed E-state index contributed by atoms with van der Waals surface area (Å²) in [6.07, 6.45) is 5.85. The highest BCUT2D eigenvalue weighted by Crippen LogP contribution is 2.33. The zero-order chi connectivity index (χ0) is 12.3. The third-order valence-corrected chi connectivity index (χ3v) is 4.57. The summed E-state index contributed by atoms with van der Waals surface area (Å²) in [6.45, 7) is 2.76. The largest absolute Gasteiger partial charge is 0.297 e. The molecule has 0 amide bonds. The minimum absolute atomic E-state index is 0.168. The van der Waals surface area contributed by atoms with Gasteiger partial charge in [0.15, 0.2) is 0 Å². The van der Waals surface area contributed by atoms with Crippen LogP contribution in [0.4, 0.5) is 0 Å². The number of nitriles is 1. The van der Waals surface area contributed by atoms with E-state index >= 15 is 0 Å². The molecule has 0 spiro atoms. The molecular formula is C11H17N5S. The number of rotatable bonds is 3. The fraction of sp³-hybridized carbons (Fsp3) is 0.727. The van der Waals surface area contributed by atoms with Gasteiger partial charge in [0.1, 0.15) is 4.75 Å². The van der Waals surface area contributed by atoms with Gasteiger partial charge in [0.2, 0.25) is 0 Å². The molecular weight excluding hydrogens is 234 g/mol. The van der Waals surface area contributed by atoms with E-state index in [2.05, 4.69) is 21.3 Å². The van der Waals surface area contributed by atoms with Gasteiger partial charge in [-0.15, -0.1) is 16.9 Å². The number of nitrogens with zero attached hydrogens (tertiary/aromatic N) is 5. The molecule has 0 saturated carbocycles. The second-order valence-electron chi connectivity index (χ2n) is 4.47. The van der Waals surface area contributed by atoms with E-state index in [1.54, 1.807) is 16.4 Å². The van der Waals surface area contributed by atoms with Crippen molar-refractivity contribution in [2.45, 2.75) is 24.1 Å². The Labute approximate surface area is 106 Å². The number of piperidine rings is 1. The number of thioether (sulfide) groups is 1. The SMILES string of the molecule is CSC1(C#N)CCN(Cc2cn(C)nn2)CC1. The molecule has 0 atom stereocenters. The molecule has 1 aromatic rings. The molecule has 1 fully saturated rings. The molecule has 1 aromatic heterocycles. The summed E-state index contributed by atoms with van der Waals surface area (Å²) in [6, 6.07) is 2.46. The Morgan fingerprint density at radius 3 is 2.71 bits per heavy atom. The summed E-state index contributed by atoms with van der Waals surface area (Å²) < 4.78 is 1.56. The van der Waals surface area contributed by atoms with Crippen molar-refractivity contribution in [1.82, 2.24) is 19.9 Å². The molecule has 17 heavy (non-hydrogen) atoms. The maximum Gasteiger partial charge on any atom is 0.104 e. The van der Waals surface area contributed by atoms with Gasteiger partial charge in [-0.25, -0.2) is 0 Å². The molecule has 1 aliphatic heterocycles. The molecule has 2 rings (SSSR count). The summed E-state index contributed by atoms with van der Waals surface area (Å²) in [4.78, 5) is 2.34. The number of hydrogen-bond acceptors (Lipinski definition) is 5. The Morgan fingerprint density at radius 2 is 2.24 bits per heavy atom. The van der Waals surface area contributed by atoms with Crippen molar-refractivity contribution in [2.24, 2.45) is 7.05 Å². The smallest absolute Gasteiger partial charge is 0.104 e. The van der Waals surface area contributed by atoms with E-state index in [1.165, 1.54) is 0 Å². The molecule has 0 aromatic carbocycles. The highest BCUT2D eigenvalue weighted by Gasteiger charge is 2.33. The summed E-state index contributed by atoms with van der Waals surface area (Å²) in [5.41, 5.74) is 1.00. The summed E-state index contributed by atoms with van der Waals surface area (Å²) in [5, 5.41) is 17.2. The van der Waals surface area contributed by atoms with E-state index in [4.69, 9.17) is 0 Å². The standard InChI is InChI=1S/C11H17N5S/c1-15-7-10(13-14-15)8-16-5-3-11(9-12,17-2)4-6-16/h7H,3-6,8H2,1-2H3. The van der Waals surface area contributed by atoms with Gasteiger partial charge in [-0.05, 0) is 19.1 Å². The zero-order valence-electron chi connectivity index (χ0n) is 10.3. The van der Waals surface area contributed by atoms with E-state index < -0.39 is 0 Å². The van der Waals surface area contributed by atoms with E-state index in [0.29, 0.717) is 0 Å². The fourth-order valence-electron chi connectivity index (χ4n) is 2.13. The lowest BCUT2D eigenvalue weighted by Crippen LogP contribution is -2.41. The normalized spacial score (nSPS) is 20.1. The second kappa shape index (κ2) is 5.07. The minimum Gasteiger partial charge on any atom is -0.297 e. The number of hydrogen-bond donors (Lipinski definition) is 0. The van der Waals surface area contributed by atoms with Crippen LogP contribution in [0.5, 0.6) is 0 Å². The average Bonchev–Trinajstić information content (AvgIpc) is 2.76. The van der Waals surface area contributed by atoms with Crippen LogP contribution >= 0.6 is 11.8 Å². The first-order valence-electron chi connectivity index (χ1n) is 5.71. The lowest BCUT2D eigenvalue weighted by atomic mass is 9.97. The molecule has 0 radical (unpaired) electrons. The monoisotopic (exact) mass is 251 g/mol. The van der Waals surface area contributed by atoms with Crippen molar-refractivity contribution in [3.63, 3.8) is 0 Å². The molecule has 0 bridgehead atoms. The van der Waals surface area contributed by atoms with E-state index in [-0.39, 0.29) is 4.75 Å². The topological polar surface area (TPSA) is 57.7 Å². The van der Waals surface area contributed by atoms with Crippen LogP contribution in [0.1, 0.15) is 18.5 Å². The fourth-order valence-corrected chi connectivity index (χ4v) is 2.81. The Balaban J connectivity index is 1.90. The Hall–Kier alpha value is -1.06. The molecule has 0 N–H and O–H groups in total. The number of aryl methyl sites for hydroxylation is 1. The van der Waals surface area contributed by atoms with Crippen molar-refractivity contribution in [3.8, 4) is 6.07 Å². The third-order valence-electron chi connectivity index (χ3n) is 3.29. The minimum atomic E-state index is -0.168. The third kappa shape index (κ3) is 2.79. The highest BCUT2D eigenvalue weighted by atomic mass is 32.2. The number of likely N-dealkylation sites (tertiary alicyclic amines) is 1. The first-order chi connectivity index (χ1) is 8.17. The van der Waals surface area contributed by atoms with Crippen molar-refractivity contribution in [1.29, 1.82) is 5.26 Å². The lowest BCUT2D eigenvalue weighted by Gasteiger charge is -2.35. The van der Waals surface area contributed by atoms with E-state index in [0.717, 1.165) is 38.2 Å². The first-order valence-corrected chi connectivity index (χ1v) is 6.94.